The number of rotatable bonds is 5. The molecule has 0 radical (unpaired) electrons. The molecule has 0 saturated heterocycles. The predicted octanol–water partition coefficient (Wildman–Crippen LogP) is 0.831. The fourth-order valence-corrected chi connectivity index (χ4v) is 1.70. The maximum atomic E-state index is 11.9. The molecule has 19 heavy (non-hydrogen) atoms. The highest BCUT2D eigenvalue weighted by Crippen LogP contribution is 2.12. The summed E-state index contributed by atoms with van der Waals surface area (Å²) in [5, 5.41) is 18.6. The SMILES string of the molecule is CCc1nc(C(=O)NC(CO)c2ccccc2)n[nH]1. The predicted molar refractivity (Wildman–Crippen MR) is 69.5 cm³/mol. The van der Waals surface area contributed by atoms with Crippen molar-refractivity contribution in [3.05, 3.63) is 47.5 Å². The summed E-state index contributed by atoms with van der Waals surface area (Å²) >= 11 is 0. The summed E-state index contributed by atoms with van der Waals surface area (Å²) in [6.07, 6.45) is 0.683. The van der Waals surface area contributed by atoms with Crippen molar-refractivity contribution >= 4 is 5.91 Å². The van der Waals surface area contributed by atoms with Gasteiger partial charge in [0.05, 0.1) is 12.6 Å². The average molecular weight is 260 g/mol. The molecule has 6 nitrogen and oxygen atoms in total. The van der Waals surface area contributed by atoms with Gasteiger partial charge in [-0.25, -0.2) is 4.98 Å². The van der Waals surface area contributed by atoms with Crippen LogP contribution in [0.15, 0.2) is 30.3 Å². The van der Waals surface area contributed by atoms with Crippen molar-refractivity contribution in [3.63, 3.8) is 0 Å². The topological polar surface area (TPSA) is 90.9 Å². The first kappa shape index (κ1) is 13.2. The third-order valence-corrected chi connectivity index (χ3v) is 2.76. The first-order valence-electron chi connectivity index (χ1n) is 6.12. The summed E-state index contributed by atoms with van der Waals surface area (Å²) in [5.41, 5.74) is 0.838. The standard InChI is InChI=1S/C13H16N4O2/c1-2-11-15-12(17-16-11)13(19)14-10(8-18)9-6-4-3-5-7-9/h3-7,10,18H,2,8H2,1H3,(H,14,19)(H,15,16,17). The number of H-pyrrole nitrogens is 1. The molecule has 6 heteroatoms. The number of amides is 1. The van der Waals surface area contributed by atoms with Gasteiger partial charge in [0.1, 0.15) is 5.82 Å². The van der Waals surface area contributed by atoms with Crippen LogP contribution in [0.2, 0.25) is 0 Å². The number of aromatic amines is 1. The first-order valence-corrected chi connectivity index (χ1v) is 6.12. The lowest BCUT2D eigenvalue weighted by Crippen LogP contribution is -2.31. The van der Waals surface area contributed by atoms with Gasteiger partial charge in [0, 0.05) is 6.42 Å². The van der Waals surface area contributed by atoms with Crippen LogP contribution in [0.25, 0.3) is 0 Å². The average Bonchev–Trinajstić information content (AvgIpc) is 2.94. The second-order valence-electron chi connectivity index (χ2n) is 4.08. The van der Waals surface area contributed by atoms with Crippen LogP contribution in [0.5, 0.6) is 0 Å². The van der Waals surface area contributed by atoms with Crippen LogP contribution in [-0.4, -0.2) is 32.8 Å². The lowest BCUT2D eigenvalue weighted by Gasteiger charge is -2.15. The molecule has 0 aliphatic heterocycles. The number of nitrogens with one attached hydrogen (secondary N) is 2. The minimum atomic E-state index is -0.461. The molecule has 3 N–H and O–H groups in total. The van der Waals surface area contributed by atoms with Crippen molar-refractivity contribution in [1.29, 1.82) is 0 Å². The van der Waals surface area contributed by atoms with Crippen LogP contribution in [0.4, 0.5) is 0 Å². The third-order valence-electron chi connectivity index (χ3n) is 2.76. The van der Waals surface area contributed by atoms with E-state index in [4.69, 9.17) is 0 Å². The summed E-state index contributed by atoms with van der Waals surface area (Å²) in [6, 6.07) is 8.81. The van der Waals surface area contributed by atoms with Crippen LogP contribution >= 0.6 is 0 Å². The molecule has 1 amide bonds. The van der Waals surface area contributed by atoms with E-state index in [-0.39, 0.29) is 12.4 Å². The molecule has 2 rings (SSSR count). The van der Waals surface area contributed by atoms with E-state index in [9.17, 15) is 9.90 Å². The van der Waals surface area contributed by atoms with Gasteiger partial charge in [0.15, 0.2) is 0 Å². The van der Waals surface area contributed by atoms with Crippen molar-refractivity contribution in [2.75, 3.05) is 6.61 Å². The molecular weight excluding hydrogens is 244 g/mol. The number of benzene rings is 1. The van der Waals surface area contributed by atoms with E-state index in [2.05, 4.69) is 20.5 Å². The Bertz CT molecular complexity index is 539. The van der Waals surface area contributed by atoms with Gasteiger partial charge in [-0.3, -0.25) is 9.89 Å². The van der Waals surface area contributed by atoms with Crippen molar-refractivity contribution in [2.24, 2.45) is 0 Å². The summed E-state index contributed by atoms with van der Waals surface area (Å²) in [5.74, 6) is 0.343. The largest absolute Gasteiger partial charge is 0.394 e. The van der Waals surface area contributed by atoms with E-state index < -0.39 is 11.9 Å². The van der Waals surface area contributed by atoms with E-state index in [1.807, 2.05) is 37.3 Å². The van der Waals surface area contributed by atoms with Crippen LogP contribution in [0, 0.1) is 0 Å². The number of aliphatic hydroxyl groups is 1. The van der Waals surface area contributed by atoms with Gasteiger partial charge < -0.3 is 10.4 Å². The van der Waals surface area contributed by atoms with E-state index >= 15 is 0 Å². The number of hydrogen-bond acceptors (Lipinski definition) is 4. The number of aryl methyl sites for hydroxylation is 1. The molecule has 1 atom stereocenters. The summed E-state index contributed by atoms with van der Waals surface area (Å²) < 4.78 is 0. The summed E-state index contributed by atoms with van der Waals surface area (Å²) in [4.78, 5) is 16.0. The van der Waals surface area contributed by atoms with Gasteiger partial charge in [-0.1, -0.05) is 37.3 Å². The Balaban J connectivity index is 2.08. The van der Waals surface area contributed by atoms with Gasteiger partial charge in [-0.15, -0.1) is 5.10 Å². The Hall–Kier alpha value is -2.21. The monoisotopic (exact) mass is 260 g/mol. The fraction of sp³-hybridized carbons (Fsp3) is 0.308. The summed E-state index contributed by atoms with van der Waals surface area (Å²) in [7, 11) is 0. The maximum Gasteiger partial charge on any atom is 0.291 e. The van der Waals surface area contributed by atoms with Crippen LogP contribution in [0.1, 0.15) is 35.0 Å². The highest BCUT2D eigenvalue weighted by molar-refractivity contribution is 5.90. The van der Waals surface area contributed by atoms with Crippen LogP contribution < -0.4 is 5.32 Å². The highest BCUT2D eigenvalue weighted by atomic mass is 16.3. The second kappa shape index (κ2) is 6.10. The molecule has 1 heterocycles. The molecule has 100 valence electrons. The molecule has 0 spiro atoms. The van der Waals surface area contributed by atoms with Gasteiger partial charge in [0.25, 0.3) is 5.91 Å². The molecule has 2 aromatic rings. The number of carbonyl (C=O) groups is 1. The molecule has 1 aromatic carbocycles. The van der Waals surface area contributed by atoms with E-state index in [0.717, 1.165) is 5.56 Å². The molecular formula is C13H16N4O2. The number of aromatic nitrogens is 3. The van der Waals surface area contributed by atoms with E-state index in [0.29, 0.717) is 12.2 Å². The Morgan fingerprint density at radius 2 is 2.16 bits per heavy atom. The minimum Gasteiger partial charge on any atom is -0.394 e. The van der Waals surface area contributed by atoms with Gasteiger partial charge in [-0.2, -0.15) is 0 Å². The van der Waals surface area contributed by atoms with Crippen molar-refractivity contribution < 1.29 is 9.90 Å². The molecule has 0 aliphatic rings. The quantitative estimate of drug-likeness (QED) is 0.742. The number of hydrogen-bond donors (Lipinski definition) is 3. The first-order chi connectivity index (χ1) is 9.24. The lowest BCUT2D eigenvalue weighted by atomic mass is 10.1. The van der Waals surface area contributed by atoms with E-state index in [1.54, 1.807) is 0 Å². The maximum absolute atomic E-state index is 11.9. The molecule has 0 saturated carbocycles. The number of carbonyl (C=O) groups excluding carboxylic acids is 1. The normalized spacial score (nSPS) is 12.1. The van der Waals surface area contributed by atoms with Crippen molar-refractivity contribution in [2.45, 2.75) is 19.4 Å². The van der Waals surface area contributed by atoms with Gasteiger partial charge in [0.2, 0.25) is 5.82 Å². The smallest absolute Gasteiger partial charge is 0.291 e. The third kappa shape index (κ3) is 3.17. The van der Waals surface area contributed by atoms with Crippen molar-refractivity contribution in [1.82, 2.24) is 20.5 Å². The van der Waals surface area contributed by atoms with E-state index in [1.165, 1.54) is 0 Å². The zero-order chi connectivity index (χ0) is 13.7. The zero-order valence-corrected chi connectivity index (χ0v) is 10.6. The van der Waals surface area contributed by atoms with Gasteiger partial charge >= 0.3 is 0 Å². The van der Waals surface area contributed by atoms with Gasteiger partial charge in [-0.05, 0) is 5.56 Å². The fourth-order valence-electron chi connectivity index (χ4n) is 1.70. The highest BCUT2D eigenvalue weighted by Gasteiger charge is 2.17. The lowest BCUT2D eigenvalue weighted by molar-refractivity contribution is 0.0906. The van der Waals surface area contributed by atoms with Crippen LogP contribution in [0.3, 0.4) is 0 Å². The van der Waals surface area contributed by atoms with Crippen LogP contribution in [-0.2, 0) is 6.42 Å². The molecule has 1 aromatic heterocycles. The number of nitrogens with zero attached hydrogens (tertiary/aromatic N) is 2. The molecule has 0 bridgehead atoms. The Morgan fingerprint density at radius 3 is 2.74 bits per heavy atom. The Morgan fingerprint density at radius 1 is 1.42 bits per heavy atom. The molecule has 0 fully saturated rings. The second-order valence-corrected chi connectivity index (χ2v) is 4.08. The number of aliphatic hydroxyl groups excluding tert-OH is 1. The Labute approximate surface area is 110 Å². The molecule has 0 aliphatic carbocycles. The molecule has 1 unspecified atom stereocenters. The minimum absolute atomic E-state index is 0.0891. The van der Waals surface area contributed by atoms with Crippen molar-refractivity contribution in [3.8, 4) is 0 Å². The summed E-state index contributed by atoms with van der Waals surface area (Å²) in [6.45, 7) is 1.74. The Kier molecular flexibility index (Phi) is 4.25. The zero-order valence-electron chi connectivity index (χ0n) is 10.6.